The van der Waals surface area contributed by atoms with Crippen LogP contribution in [0.2, 0.25) is 0 Å². The first-order valence-electron chi connectivity index (χ1n) is 8.39. The lowest BCUT2D eigenvalue weighted by atomic mass is 10.2. The maximum Gasteiger partial charge on any atom is 0.401 e. The number of hydrogen-bond donors (Lipinski definition) is 1. The van der Waals surface area contributed by atoms with E-state index < -0.39 is 12.7 Å². The van der Waals surface area contributed by atoms with Gasteiger partial charge in [0.25, 0.3) is 0 Å². The van der Waals surface area contributed by atoms with Crippen LogP contribution in [-0.4, -0.2) is 91.1 Å². The van der Waals surface area contributed by atoms with Crippen molar-refractivity contribution in [2.75, 3.05) is 52.4 Å². The van der Waals surface area contributed by atoms with E-state index in [4.69, 9.17) is 0 Å². The third kappa shape index (κ3) is 5.54. The molecule has 6 nitrogen and oxygen atoms in total. The van der Waals surface area contributed by atoms with Gasteiger partial charge < -0.3 is 15.1 Å². The SMILES string of the molecule is CCN=C(NC1CCN(CC(F)(F)F)C1)N1CCN(C(C)=O)CC1. The van der Waals surface area contributed by atoms with Crippen molar-refractivity contribution in [3.63, 3.8) is 0 Å². The number of amides is 1. The number of piperazine rings is 1. The standard InChI is InChI=1S/C15H26F3N5O/c1-3-19-14(23-8-6-22(7-9-23)12(2)24)20-13-4-5-21(10-13)11-15(16,17)18/h13H,3-11H2,1-2H3,(H,19,20). The van der Waals surface area contributed by atoms with Gasteiger partial charge in [0.1, 0.15) is 0 Å². The third-order valence-electron chi connectivity index (χ3n) is 4.34. The van der Waals surface area contributed by atoms with Crippen LogP contribution in [0, 0.1) is 0 Å². The molecule has 2 rings (SSSR count). The van der Waals surface area contributed by atoms with Gasteiger partial charge in [-0.3, -0.25) is 14.7 Å². The van der Waals surface area contributed by atoms with E-state index in [0.29, 0.717) is 52.2 Å². The summed E-state index contributed by atoms with van der Waals surface area (Å²) < 4.78 is 37.5. The van der Waals surface area contributed by atoms with Gasteiger partial charge in [-0.15, -0.1) is 0 Å². The van der Waals surface area contributed by atoms with Crippen molar-refractivity contribution >= 4 is 11.9 Å². The number of halogens is 3. The van der Waals surface area contributed by atoms with Crippen LogP contribution in [0.15, 0.2) is 4.99 Å². The summed E-state index contributed by atoms with van der Waals surface area (Å²) in [5, 5.41) is 3.31. The molecule has 1 amide bonds. The highest BCUT2D eigenvalue weighted by Gasteiger charge is 2.35. The molecule has 0 bridgehead atoms. The molecular weight excluding hydrogens is 323 g/mol. The predicted molar refractivity (Wildman–Crippen MR) is 85.8 cm³/mol. The van der Waals surface area contributed by atoms with Gasteiger partial charge in [0.05, 0.1) is 6.54 Å². The van der Waals surface area contributed by atoms with Crippen molar-refractivity contribution in [1.82, 2.24) is 20.0 Å². The molecule has 0 aromatic carbocycles. The van der Waals surface area contributed by atoms with E-state index in [1.165, 1.54) is 4.90 Å². The van der Waals surface area contributed by atoms with Gasteiger partial charge in [-0.1, -0.05) is 0 Å². The van der Waals surface area contributed by atoms with Crippen molar-refractivity contribution in [1.29, 1.82) is 0 Å². The van der Waals surface area contributed by atoms with E-state index >= 15 is 0 Å². The summed E-state index contributed by atoms with van der Waals surface area (Å²) in [6.45, 7) is 6.70. The van der Waals surface area contributed by atoms with Gasteiger partial charge in [0, 0.05) is 58.8 Å². The van der Waals surface area contributed by atoms with Crippen LogP contribution in [0.25, 0.3) is 0 Å². The van der Waals surface area contributed by atoms with Crippen LogP contribution in [0.3, 0.4) is 0 Å². The zero-order valence-electron chi connectivity index (χ0n) is 14.3. The number of guanidine groups is 1. The van der Waals surface area contributed by atoms with Crippen molar-refractivity contribution in [3.8, 4) is 0 Å². The Morgan fingerprint density at radius 2 is 1.79 bits per heavy atom. The van der Waals surface area contributed by atoms with Crippen molar-refractivity contribution in [2.24, 2.45) is 4.99 Å². The fraction of sp³-hybridized carbons (Fsp3) is 0.867. The fourth-order valence-electron chi connectivity index (χ4n) is 3.15. The van der Waals surface area contributed by atoms with Crippen LogP contribution in [0.4, 0.5) is 13.2 Å². The number of alkyl halides is 3. The van der Waals surface area contributed by atoms with E-state index in [1.807, 2.05) is 6.92 Å². The first kappa shape index (κ1) is 18.8. The Balaban J connectivity index is 1.87. The summed E-state index contributed by atoms with van der Waals surface area (Å²) in [4.78, 5) is 21.2. The molecular formula is C15H26F3N5O. The van der Waals surface area contributed by atoms with Gasteiger partial charge in [-0.2, -0.15) is 13.2 Å². The van der Waals surface area contributed by atoms with Crippen molar-refractivity contribution in [3.05, 3.63) is 0 Å². The lowest BCUT2D eigenvalue weighted by molar-refractivity contribution is -0.143. The molecule has 9 heteroatoms. The van der Waals surface area contributed by atoms with Crippen molar-refractivity contribution in [2.45, 2.75) is 32.5 Å². The average Bonchev–Trinajstić information content (AvgIpc) is 2.92. The minimum Gasteiger partial charge on any atom is -0.352 e. The molecule has 2 aliphatic rings. The second-order valence-corrected chi connectivity index (χ2v) is 6.27. The number of rotatable bonds is 3. The van der Waals surface area contributed by atoms with E-state index in [2.05, 4.69) is 15.2 Å². The smallest absolute Gasteiger partial charge is 0.352 e. The van der Waals surface area contributed by atoms with Gasteiger partial charge in [-0.05, 0) is 13.3 Å². The van der Waals surface area contributed by atoms with Crippen LogP contribution >= 0.6 is 0 Å². The summed E-state index contributed by atoms with van der Waals surface area (Å²) in [6.07, 6.45) is -3.48. The number of carbonyl (C=O) groups is 1. The molecule has 0 aromatic rings. The molecule has 2 saturated heterocycles. The first-order valence-corrected chi connectivity index (χ1v) is 8.39. The van der Waals surface area contributed by atoms with Gasteiger partial charge in [0.15, 0.2) is 5.96 Å². The van der Waals surface area contributed by atoms with Crippen LogP contribution in [0.1, 0.15) is 20.3 Å². The Kier molecular flexibility index (Phi) is 6.31. The Labute approximate surface area is 140 Å². The van der Waals surface area contributed by atoms with E-state index in [9.17, 15) is 18.0 Å². The Morgan fingerprint density at radius 1 is 1.17 bits per heavy atom. The molecule has 0 aliphatic carbocycles. The molecule has 0 spiro atoms. The Morgan fingerprint density at radius 3 is 2.33 bits per heavy atom. The average molecular weight is 349 g/mol. The molecule has 1 unspecified atom stereocenters. The summed E-state index contributed by atoms with van der Waals surface area (Å²) in [6, 6.07) is -0.0245. The maximum atomic E-state index is 12.5. The lowest BCUT2D eigenvalue weighted by Gasteiger charge is -2.37. The summed E-state index contributed by atoms with van der Waals surface area (Å²) in [7, 11) is 0. The van der Waals surface area contributed by atoms with Crippen LogP contribution in [0.5, 0.6) is 0 Å². The molecule has 2 aliphatic heterocycles. The molecule has 24 heavy (non-hydrogen) atoms. The number of likely N-dealkylation sites (tertiary alicyclic amines) is 1. The summed E-state index contributed by atoms with van der Waals surface area (Å²) in [5.41, 5.74) is 0. The molecule has 0 saturated carbocycles. The predicted octanol–water partition coefficient (Wildman–Crippen LogP) is 0.753. The molecule has 138 valence electrons. The second-order valence-electron chi connectivity index (χ2n) is 6.27. The van der Waals surface area contributed by atoms with E-state index in [-0.39, 0.29) is 11.9 Å². The second kappa shape index (κ2) is 8.04. The minimum absolute atomic E-state index is 0.0245. The third-order valence-corrected chi connectivity index (χ3v) is 4.34. The number of hydrogen-bond acceptors (Lipinski definition) is 3. The molecule has 1 atom stereocenters. The van der Waals surface area contributed by atoms with Gasteiger partial charge in [-0.25, -0.2) is 0 Å². The van der Waals surface area contributed by atoms with E-state index in [0.717, 1.165) is 5.96 Å². The monoisotopic (exact) mass is 349 g/mol. The number of carbonyl (C=O) groups excluding carboxylic acids is 1. The number of aliphatic imine (C=N–C) groups is 1. The Bertz CT molecular complexity index is 461. The lowest BCUT2D eigenvalue weighted by Crippen LogP contribution is -2.55. The highest BCUT2D eigenvalue weighted by atomic mass is 19.4. The normalized spacial score (nSPS) is 23.7. The topological polar surface area (TPSA) is 51.2 Å². The quantitative estimate of drug-likeness (QED) is 0.604. The molecule has 0 radical (unpaired) electrons. The Hall–Kier alpha value is -1.51. The zero-order valence-corrected chi connectivity index (χ0v) is 14.3. The highest BCUT2D eigenvalue weighted by Crippen LogP contribution is 2.20. The van der Waals surface area contributed by atoms with Gasteiger partial charge >= 0.3 is 6.18 Å². The summed E-state index contributed by atoms with van der Waals surface area (Å²) in [5.74, 6) is 0.801. The number of nitrogens with zero attached hydrogens (tertiary/aromatic N) is 4. The van der Waals surface area contributed by atoms with Crippen LogP contribution < -0.4 is 5.32 Å². The zero-order chi connectivity index (χ0) is 17.7. The summed E-state index contributed by atoms with van der Waals surface area (Å²) >= 11 is 0. The van der Waals surface area contributed by atoms with Crippen LogP contribution in [-0.2, 0) is 4.79 Å². The minimum atomic E-state index is -4.15. The largest absolute Gasteiger partial charge is 0.401 e. The maximum absolute atomic E-state index is 12.5. The number of nitrogens with one attached hydrogen (secondary N) is 1. The fourth-order valence-corrected chi connectivity index (χ4v) is 3.15. The van der Waals surface area contributed by atoms with Crippen molar-refractivity contribution < 1.29 is 18.0 Å². The molecule has 0 aromatic heterocycles. The first-order chi connectivity index (χ1) is 11.3. The highest BCUT2D eigenvalue weighted by molar-refractivity contribution is 5.81. The van der Waals surface area contributed by atoms with E-state index in [1.54, 1.807) is 11.8 Å². The molecule has 2 fully saturated rings. The molecule has 1 N–H and O–H groups in total. The molecule has 2 heterocycles. The van der Waals surface area contributed by atoms with Gasteiger partial charge in [0.2, 0.25) is 5.91 Å².